The molecule has 0 saturated carbocycles. The largest absolute Gasteiger partial charge is 0.478 e. The smallest absolute Gasteiger partial charge is 0.330 e. The summed E-state index contributed by atoms with van der Waals surface area (Å²) in [5, 5.41) is 21.9. The Kier molecular flexibility index (Phi) is 25.2. The molecule has 4 nitrogen and oxygen atoms in total. The lowest BCUT2D eigenvalue weighted by Crippen LogP contribution is -1.92. The van der Waals surface area contributed by atoms with Crippen LogP contribution in [0.3, 0.4) is 0 Å². The van der Waals surface area contributed by atoms with E-state index < -0.39 is 5.97 Å². The molecule has 0 rings (SSSR count). The van der Waals surface area contributed by atoms with Crippen LogP contribution in [0.1, 0.15) is 6.92 Å². The van der Waals surface area contributed by atoms with Crippen molar-refractivity contribution in [3.63, 3.8) is 0 Å². The molecule has 3 N–H and O–H groups in total. The van der Waals surface area contributed by atoms with Crippen molar-refractivity contribution < 1.29 is 20.1 Å². The number of aliphatic hydroxyl groups excluding tert-OH is 2. The fourth-order valence-corrected chi connectivity index (χ4v) is 0. The molecule has 0 saturated heterocycles. The molecular formula is C6H14O4. The van der Waals surface area contributed by atoms with E-state index in [4.69, 9.17) is 15.3 Å². The predicted molar refractivity (Wildman–Crippen MR) is 38.7 cm³/mol. The highest BCUT2D eigenvalue weighted by Gasteiger charge is 1.90. The normalized spacial score (nSPS) is 5.70. The zero-order chi connectivity index (χ0) is 9.15. The summed E-state index contributed by atoms with van der Waals surface area (Å²) in [5.74, 6) is -0.935. The lowest BCUT2D eigenvalue weighted by molar-refractivity contribution is -0.132. The van der Waals surface area contributed by atoms with E-state index >= 15 is 0 Å². The van der Waals surface area contributed by atoms with Crippen LogP contribution in [0.4, 0.5) is 0 Å². The highest BCUT2D eigenvalue weighted by atomic mass is 16.4. The van der Waals surface area contributed by atoms with Crippen molar-refractivity contribution in [2.24, 2.45) is 0 Å². The Morgan fingerprint density at radius 2 is 1.30 bits per heavy atom. The third-order valence-electron chi connectivity index (χ3n) is 0.365. The van der Waals surface area contributed by atoms with E-state index in [0.717, 1.165) is 14.2 Å². The maximum atomic E-state index is 9.60. The molecule has 0 amide bonds. The number of carboxylic acid groups (broad SMARTS) is 1. The van der Waals surface area contributed by atoms with Gasteiger partial charge in [0.15, 0.2) is 0 Å². The molecule has 0 heterocycles. The summed E-state index contributed by atoms with van der Waals surface area (Å²) in [6.45, 7) is 4.60. The van der Waals surface area contributed by atoms with E-state index in [-0.39, 0.29) is 5.57 Å². The van der Waals surface area contributed by atoms with Crippen molar-refractivity contribution in [1.29, 1.82) is 0 Å². The molecule has 0 aliphatic carbocycles. The Labute approximate surface area is 60.4 Å². The van der Waals surface area contributed by atoms with Crippen LogP contribution in [0, 0.1) is 0 Å². The average molecular weight is 150 g/mol. The van der Waals surface area contributed by atoms with Gasteiger partial charge in [0.25, 0.3) is 0 Å². The molecule has 0 aliphatic rings. The third kappa shape index (κ3) is 27.3. The van der Waals surface area contributed by atoms with Crippen molar-refractivity contribution in [1.82, 2.24) is 0 Å². The maximum absolute atomic E-state index is 9.60. The van der Waals surface area contributed by atoms with Crippen LogP contribution < -0.4 is 0 Å². The maximum Gasteiger partial charge on any atom is 0.330 e. The lowest BCUT2D eigenvalue weighted by atomic mass is 10.4. The van der Waals surface area contributed by atoms with Gasteiger partial charge in [-0.2, -0.15) is 0 Å². The number of hydrogen-bond donors (Lipinski definition) is 3. The lowest BCUT2D eigenvalue weighted by Gasteiger charge is -1.79. The molecule has 10 heavy (non-hydrogen) atoms. The summed E-state index contributed by atoms with van der Waals surface area (Å²) in [5.41, 5.74) is 0.176. The van der Waals surface area contributed by atoms with Gasteiger partial charge < -0.3 is 15.3 Å². The second-order valence-corrected chi connectivity index (χ2v) is 1.09. The molecule has 0 bridgehead atoms. The molecule has 0 aromatic heterocycles. The van der Waals surface area contributed by atoms with Crippen molar-refractivity contribution in [2.45, 2.75) is 6.92 Å². The third-order valence-corrected chi connectivity index (χ3v) is 0.365. The number of aliphatic hydroxyl groups is 2. The summed E-state index contributed by atoms with van der Waals surface area (Å²) in [7, 11) is 2.00. The fourth-order valence-electron chi connectivity index (χ4n) is 0. The monoisotopic (exact) mass is 150 g/mol. The highest BCUT2D eigenvalue weighted by Crippen LogP contribution is 1.81. The van der Waals surface area contributed by atoms with Gasteiger partial charge in [-0.05, 0) is 6.92 Å². The Morgan fingerprint density at radius 1 is 1.20 bits per heavy atom. The van der Waals surface area contributed by atoms with E-state index in [1.165, 1.54) is 6.92 Å². The number of carboxylic acids is 1. The minimum Gasteiger partial charge on any atom is -0.478 e. The zero-order valence-corrected chi connectivity index (χ0v) is 6.46. The first kappa shape index (κ1) is 16.1. The zero-order valence-electron chi connectivity index (χ0n) is 6.46. The quantitative estimate of drug-likeness (QED) is 0.455. The van der Waals surface area contributed by atoms with Gasteiger partial charge in [0.1, 0.15) is 0 Å². The van der Waals surface area contributed by atoms with Crippen LogP contribution in [-0.2, 0) is 4.79 Å². The van der Waals surface area contributed by atoms with Crippen LogP contribution in [0.15, 0.2) is 12.2 Å². The second-order valence-electron chi connectivity index (χ2n) is 1.09. The van der Waals surface area contributed by atoms with Crippen LogP contribution in [0.25, 0.3) is 0 Å². The van der Waals surface area contributed by atoms with Gasteiger partial charge in [0.05, 0.1) is 0 Å². The average Bonchev–Trinajstić information content (AvgIpc) is 1.96. The Morgan fingerprint density at radius 3 is 1.30 bits per heavy atom. The highest BCUT2D eigenvalue weighted by molar-refractivity contribution is 5.84. The number of rotatable bonds is 1. The van der Waals surface area contributed by atoms with Crippen molar-refractivity contribution in [2.75, 3.05) is 14.2 Å². The van der Waals surface area contributed by atoms with Crippen LogP contribution in [0.5, 0.6) is 0 Å². The number of hydrogen-bond acceptors (Lipinski definition) is 3. The van der Waals surface area contributed by atoms with E-state index in [1.807, 2.05) is 0 Å². The van der Waals surface area contributed by atoms with Crippen molar-refractivity contribution >= 4 is 5.97 Å². The van der Waals surface area contributed by atoms with Gasteiger partial charge in [-0.3, -0.25) is 0 Å². The molecule has 0 fully saturated rings. The molecule has 0 atom stereocenters. The first-order chi connectivity index (χ1) is 4.64. The molecule has 62 valence electrons. The molecule has 4 heteroatoms. The van der Waals surface area contributed by atoms with Crippen LogP contribution >= 0.6 is 0 Å². The minimum atomic E-state index is -0.935. The van der Waals surface area contributed by atoms with Gasteiger partial charge in [0.2, 0.25) is 0 Å². The summed E-state index contributed by atoms with van der Waals surface area (Å²) in [6.07, 6.45) is 0. The number of carbonyl (C=O) groups is 1. The Hall–Kier alpha value is -0.870. The number of aliphatic carboxylic acids is 1. The minimum absolute atomic E-state index is 0.176. The SMILES string of the molecule is C=C(C)C(=O)O.CO.CO. The Bertz CT molecular complexity index is 75.7. The Balaban J connectivity index is -0.000000105. The first-order valence-electron chi connectivity index (χ1n) is 2.43. The summed E-state index contributed by atoms with van der Waals surface area (Å²) >= 11 is 0. The van der Waals surface area contributed by atoms with E-state index in [9.17, 15) is 4.79 Å². The van der Waals surface area contributed by atoms with Gasteiger partial charge in [-0.1, -0.05) is 6.58 Å². The first-order valence-corrected chi connectivity index (χ1v) is 2.43. The van der Waals surface area contributed by atoms with Gasteiger partial charge >= 0.3 is 5.97 Å². The van der Waals surface area contributed by atoms with Gasteiger partial charge in [0, 0.05) is 19.8 Å². The van der Waals surface area contributed by atoms with E-state index in [2.05, 4.69) is 6.58 Å². The molecule has 0 unspecified atom stereocenters. The van der Waals surface area contributed by atoms with Crippen LogP contribution in [0.2, 0.25) is 0 Å². The standard InChI is InChI=1S/C4H6O2.2CH4O/c1-3(2)4(5)6;2*1-2/h1H2,2H3,(H,5,6);2*2H,1H3. The molecular weight excluding hydrogens is 136 g/mol. The second kappa shape index (κ2) is 15.7. The fraction of sp³-hybridized carbons (Fsp3) is 0.500. The summed E-state index contributed by atoms with van der Waals surface area (Å²) in [4.78, 5) is 9.60. The van der Waals surface area contributed by atoms with E-state index in [1.54, 1.807) is 0 Å². The summed E-state index contributed by atoms with van der Waals surface area (Å²) in [6, 6.07) is 0. The molecule has 0 aromatic rings. The predicted octanol–water partition coefficient (Wildman–Crippen LogP) is -0.136. The van der Waals surface area contributed by atoms with Crippen LogP contribution in [-0.4, -0.2) is 35.5 Å². The van der Waals surface area contributed by atoms with Gasteiger partial charge in [-0.15, -0.1) is 0 Å². The van der Waals surface area contributed by atoms with Crippen molar-refractivity contribution in [3.8, 4) is 0 Å². The van der Waals surface area contributed by atoms with E-state index in [0.29, 0.717) is 0 Å². The molecule has 0 aliphatic heterocycles. The van der Waals surface area contributed by atoms with Crippen molar-refractivity contribution in [3.05, 3.63) is 12.2 Å². The summed E-state index contributed by atoms with van der Waals surface area (Å²) < 4.78 is 0. The topological polar surface area (TPSA) is 77.8 Å². The van der Waals surface area contributed by atoms with Gasteiger partial charge in [-0.25, -0.2) is 4.79 Å². The molecule has 0 aromatic carbocycles. The molecule has 0 radical (unpaired) electrons. The molecule has 0 spiro atoms.